The van der Waals surface area contributed by atoms with Crippen molar-refractivity contribution in [1.82, 2.24) is 10.2 Å². The van der Waals surface area contributed by atoms with Crippen molar-refractivity contribution in [2.75, 3.05) is 26.7 Å². The predicted octanol–water partition coefficient (Wildman–Crippen LogP) is 0.965. The molecule has 98 valence electrons. The summed E-state index contributed by atoms with van der Waals surface area (Å²) in [6.45, 7) is 1.46. The Morgan fingerprint density at radius 3 is 3.00 bits per heavy atom. The van der Waals surface area contributed by atoms with Crippen molar-refractivity contribution in [2.24, 2.45) is 0 Å². The zero-order valence-corrected chi connectivity index (χ0v) is 10.4. The van der Waals surface area contributed by atoms with Gasteiger partial charge in [-0.05, 0) is 17.7 Å². The first-order valence-corrected chi connectivity index (χ1v) is 5.93. The minimum Gasteiger partial charge on any atom is -0.497 e. The molecule has 2 rings (SSSR count). The molecule has 1 saturated heterocycles. The number of nitrogens with one attached hydrogen (secondary N) is 1. The number of alkyl halides is 1. The van der Waals surface area contributed by atoms with Crippen LogP contribution >= 0.6 is 0 Å². The molecule has 0 spiro atoms. The molecular weight excluding hydrogens is 235 g/mol. The third kappa shape index (κ3) is 3.43. The lowest BCUT2D eigenvalue weighted by Crippen LogP contribution is -2.52. The Morgan fingerprint density at radius 2 is 2.33 bits per heavy atom. The molecule has 4 nitrogen and oxygen atoms in total. The lowest BCUT2D eigenvalue weighted by Gasteiger charge is -2.33. The number of methoxy groups -OCH3 is 1. The standard InChI is InChI=1S/C13H17FN2O2/c1-18-12-4-2-3-10(5-12)6-15-13(17)9-16-7-11(14)8-16/h2-5,11H,6-9H2,1H3,(H,15,17). The van der Waals surface area contributed by atoms with Gasteiger partial charge in [-0.2, -0.15) is 0 Å². The maximum atomic E-state index is 12.6. The highest BCUT2D eigenvalue weighted by Crippen LogP contribution is 2.12. The Balaban J connectivity index is 1.74. The van der Waals surface area contributed by atoms with Crippen molar-refractivity contribution in [1.29, 1.82) is 0 Å². The number of halogens is 1. The average Bonchev–Trinajstić information content (AvgIpc) is 2.35. The molecule has 1 aliphatic heterocycles. The number of carbonyl (C=O) groups excluding carboxylic acids is 1. The number of hydrogen-bond acceptors (Lipinski definition) is 3. The lowest BCUT2D eigenvalue weighted by atomic mass is 10.2. The van der Waals surface area contributed by atoms with Gasteiger partial charge in [-0.1, -0.05) is 12.1 Å². The van der Waals surface area contributed by atoms with E-state index in [0.29, 0.717) is 19.6 Å². The number of amides is 1. The first-order valence-electron chi connectivity index (χ1n) is 5.93. The SMILES string of the molecule is COc1cccc(CNC(=O)CN2CC(F)C2)c1. The number of rotatable bonds is 5. The number of nitrogens with zero attached hydrogens (tertiary/aromatic N) is 1. The summed E-state index contributed by atoms with van der Waals surface area (Å²) < 4.78 is 17.7. The van der Waals surface area contributed by atoms with Crippen LogP contribution in [0.1, 0.15) is 5.56 Å². The molecule has 5 heteroatoms. The van der Waals surface area contributed by atoms with E-state index in [-0.39, 0.29) is 12.5 Å². The van der Waals surface area contributed by atoms with Crippen LogP contribution in [0.15, 0.2) is 24.3 Å². The van der Waals surface area contributed by atoms with E-state index in [0.717, 1.165) is 11.3 Å². The average molecular weight is 252 g/mol. The highest BCUT2D eigenvalue weighted by Gasteiger charge is 2.27. The van der Waals surface area contributed by atoms with Crippen LogP contribution in [0.3, 0.4) is 0 Å². The molecule has 1 heterocycles. The fraction of sp³-hybridized carbons (Fsp3) is 0.462. The molecule has 0 aromatic heterocycles. The molecule has 1 N–H and O–H groups in total. The maximum Gasteiger partial charge on any atom is 0.234 e. The number of hydrogen-bond donors (Lipinski definition) is 1. The molecular formula is C13H17FN2O2. The largest absolute Gasteiger partial charge is 0.497 e. The Labute approximate surface area is 106 Å². The molecule has 0 unspecified atom stereocenters. The fourth-order valence-corrected chi connectivity index (χ4v) is 1.88. The number of benzene rings is 1. The third-order valence-electron chi connectivity index (χ3n) is 2.90. The van der Waals surface area contributed by atoms with Crippen molar-refractivity contribution >= 4 is 5.91 Å². The van der Waals surface area contributed by atoms with E-state index in [4.69, 9.17) is 4.74 Å². The predicted molar refractivity (Wildman–Crippen MR) is 66.2 cm³/mol. The topological polar surface area (TPSA) is 41.6 Å². The first kappa shape index (κ1) is 12.8. The number of carbonyl (C=O) groups is 1. The second-order valence-corrected chi connectivity index (χ2v) is 4.42. The smallest absolute Gasteiger partial charge is 0.234 e. The van der Waals surface area contributed by atoms with Crippen molar-refractivity contribution < 1.29 is 13.9 Å². The van der Waals surface area contributed by atoms with E-state index in [1.54, 1.807) is 12.0 Å². The van der Waals surface area contributed by atoms with Crippen LogP contribution in [-0.2, 0) is 11.3 Å². The van der Waals surface area contributed by atoms with Gasteiger partial charge in [-0.25, -0.2) is 4.39 Å². The summed E-state index contributed by atoms with van der Waals surface area (Å²) in [6, 6.07) is 7.53. The van der Waals surface area contributed by atoms with Crippen LogP contribution in [0.5, 0.6) is 5.75 Å². The van der Waals surface area contributed by atoms with Crippen LogP contribution < -0.4 is 10.1 Å². The molecule has 0 aliphatic carbocycles. The molecule has 18 heavy (non-hydrogen) atoms. The summed E-state index contributed by atoms with van der Waals surface area (Å²) in [7, 11) is 1.61. The molecule has 0 radical (unpaired) electrons. The van der Waals surface area contributed by atoms with Crippen molar-refractivity contribution in [2.45, 2.75) is 12.7 Å². The van der Waals surface area contributed by atoms with Crippen LogP contribution in [0.2, 0.25) is 0 Å². The highest BCUT2D eigenvalue weighted by molar-refractivity contribution is 5.78. The quantitative estimate of drug-likeness (QED) is 0.849. The van der Waals surface area contributed by atoms with E-state index in [9.17, 15) is 9.18 Å². The molecule has 1 amide bonds. The lowest BCUT2D eigenvalue weighted by molar-refractivity contribution is -0.124. The van der Waals surface area contributed by atoms with E-state index < -0.39 is 6.17 Å². The minimum absolute atomic E-state index is 0.0790. The van der Waals surface area contributed by atoms with Crippen LogP contribution in [0, 0.1) is 0 Å². The zero-order chi connectivity index (χ0) is 13.0. The second kappa shape index (κ2) is 5.82. The molecule has 0 atom stereocenters. The van der Waals surface area contributed by atoms with Gasteiger partial charge in [-0.3, -0.25) is 9.69 Å². The van der Waals surface area contributed by atoms with Gasteiger partial charge in [0.2, 0.25) is 5.91 Å². The van der Waals surface area contributed by atoms with Gasteiger partial charge in [0.05, 0.1) is 13.7 Å². The first-order chi connectivity index (χ1) is 8.67. The Bertz CT molecular complexity index is 419. The molecule has 1 fully saturated rings. The molecule has 0 bridgehead atoms. The van der Waals surface area contributed by atoms with Crippen molar-refractivity contribution in [3.05, 3.63) is 29.8 Å². The summed E-state index contributed by atoms with van der Waals surface area (Å²) in [5, 5.41) is 2.81. The second-order valence-electron chi connectivity index (χ2n) is 4.42. The van der Waals surface area contributed by atoms with Crippen LogP contribution in [0.25, 0.3) is 0 Å². The Kier molecular flexibility index (Phi) is 4.15. The van der Waals surface area contributed by atoms with Crippen LogP contribution in [0.4, 0.5) is 4.39 Å². The molecule has 1 aliphatic rings. The molecule has 1 aromatic rings. The Morgan fingerprint density at radius 1 is 1.56 bits per heavy atom. The molecule has 1 aromatic carbocycles. The summed E-state index contributed by atoms with van der Waals surface area (Å²) in [5.41, 5.74) is 0.981. The monoisotopic (exact) mass is 252 g/mol. The molecule has 0 saturated carbocycles. The number of likely N-dealkylation sites (tertiary alicyclic amines) is 1. The van der Waals surface area contributed by atoms with Crippen molar-refractivity contribution in [3.63, 3.8) is 0 Å². The normalized spacial score (nSPS) is 16.1. The minimum atomic E-state index is -0.767. The van der Waals surface area contributed by atoms with Gasteiger partial charge in [-0.15, -0.1) is 0 Å². The van der Waals surface area contributed by atoms with E-state index in [1.165, 1.54) is 0 Å². The fourth-order valence-electron chi connectivity index (χ4n) is 1.88. The van der Waals surface area contributed by atoms with Gasteiger partial charge in [0.25, 0.3) is 0 Å². The number of ether oxygens (including phenoxy) is 1. The highest BCUT2D eigenvalue weighted by atomic mass is 19.1. The summed E-state index contributed by atoms with van der Waals surface area (Å²) in [6.07, 6.45) is -0.767. The van der Waals surface area contributed by atoms with Gasteiger partial charge >= 0.3 is 0 Å². The van der Waals surface area contributed by atoms with E-state index >= 15 is 0 Å². The van der Waals surface area contributed by atoms with Gasteiger partial charge in [0.1, 0.15) is 11.9 Å². The Hall–Kier alpha value is -1.62. The van der Waals surface area contributed by atoms with E-state index in [1.807, 2.05) is 24.3 Å². The summed E-state index contributed by atoms with van der Waals surface area (Å²) in [5.74, 6) is 0.689. The van der Waals surface area contributed by atoms with E-state index in [2.05, 4.69) is 5.32 Å². The van der Waals surface area contributed by atoms with Gasteiger partial charge in [0, 0.05) is 19.6 Å². The summed E-state index contributed by atoms with van der Waals surface area (Å²) >= 11 is 0. The zero-order valence-electron chi connectivity index (χ0n) is 10.4. The van der Waals surface area contributed by atoms with Crippen molar-refractivity contribution in [3.8, 4) is 5.75 Å². The summed E-state index contributed by atoms with van der Waals surface area (Å²) in [4.78, 5) is 13.4. The maximum absolute atomic E-state index is 12.6. The third-order valence-corrected chi connectivity index (χ3v) is 2.90. The van der Waals surface area contributed by atoms with Crippen LogP contribution in [-0.4, -0.2) is 43.7 Å². The van der Waals surface area contributed by atoms with Gasteiger partial charge < -0.3 is 10.1 Å². The van der Waals surface area contributed by atoms with Gasteiger partial charge in [0.15, 0.2) is 0 Å².